The first-order valence-corrected chi connectivity index (χ1v) is 15.3. The van der Waals surface area contributed by atoms with Gasteiger partial charge in [0.2, 0.25) is 0 Å². The van der Waals surface area contributed by atoms with E-state index in [4.69, 9.17) is 4.74 Å². The number of fused-ring (bicyclic) bond motifs is 7. The quantitative estimate of drug-likeness (QED) is 0.403. The van der Waals surface area contributed by atoms with Crippen LogP contribution in [-0.2, 0) is 4.74 Å². The van der Waals surface area contributed by atoms with Crippen molar-refractivity contribution in [2.24, 2.45) is 62.6 Å². The molecular weight excluding hydrogens is 426 g/mol. The van der Waals surface area contributed by atoms with E-state index in [0.29, 0.717) is 33.5 Å². The Labute approximate surface area is 217 Å². The molecule has 2 nitrogen and oxygen atoms in total. The van der Waals surface area contributed by atoms with E-state index in [0.717, 1.165) is 30.1 Å². The van der Waals surface area contributed by atoms with Gasteiger partial charge in [-0.15, -0.1) is 0 Å². The Kier molecular flexibility index (Phi) is 6.13. The summed E-state index contributed by atoms with van der Waals surface area (Å²) in [6.45, 7) is 22.8. The van der Waals surface area contributed by atoms with Crippen molar-refractivity contribution in [2.75, 3.05) is 0 Å². The first kappa shape index (κ1) is 26.1. The van der Waals surface area contributed by atoms with Gasteiger partial charge in [0.25, 0.3) is 0 Å². The number of rotatable bonds is 3. The average Bonchev–Trinajstić information content (AvgIpc) is 3.14. The summed E-state index contributed by atoms with van der Waals surface area (Å²) in [5, 5.41) is 9.63. The maximum Gasteiger partial charge on any atom is 0.141 e. The second-order valence-corrected chi connectivity index (χ2v) is 16.1. The lowest BCUT2D eigenvalue weighted by Crippen LogP contribution is -2.68. The largest absolute Gasteiger partial charge is 0.360 e. The summed E-state index contributed by atoms with van der Waals surface area (Å²) < 4.78 is 6.64. The first-order valence-electron chi connectivity index (χ1n) is 15.3. The van der Waals surface area contributed by atoms with Gasteiger partial charge in [-0.3, -0.25) is 0 Å². The summed E-state index contributed by atoms with van der Waals surface area (Å²) in [6, 6.07) is 2.40. The molecule has 0 aromatic carbocycles. The van der Waals surface area contributed by atoms with Gasteiger partial charge in [0, 0.05) is 5.41 Å². The van der Waals surface area contributed by atoms with Crippen LogP contribution >= 0.6 is 0 Å². The van der Waals surface area contributed by atoms with E-state index in [1.807, 2.05) is 6.92 Å². The molecule has 5 aliphatic rings. The molecule has 35 heavy (non-hydrogen) atoms. The van der Waals surface area contributed by atoms with Crippen LogP contribution in [-0.4, -0.2) is 12.2 Å². The van der Waals surface area contributed by atoms with Crippen LogP contribution < -0.4 is 0 Å². The van der Waals surface area contributed by atoms with Gasteiger partial charge in [-0.05, 0) is 128 Å². The van der Waals surface area contributed by atoms with Gasteiger partial charge in [-0.2, -0.15) is 5.26 Å². The Balaban J connectivity index is 1.56. The fourth-order valence-corrected chi connectivity index (χ4v) is 12.2. The van der Waals surface area contributed by atoms with Crippen molar-refractivity contribution in [3.05, 3.63) is 0 Å². The van der Waals surface area contributed by atoms with Crippen LogP contribution in [0.1, 0.15) is 127 Å². The van der Waals surface area contributed by atoms with Gasteiger partial charge in [0.1, 0.15) is 6.10 Å². The molecule has 5 saturated carbocycles. The number of hydrogen-bond acceptors (Lipinski definition) is 2. The number of ether oxygens (including phenoxy) is 1. The maximum atomic E-state index is 9.63. The Morgan fingerprint density at radius 3 is 2.11 bits per heavy atom. The van der Waals surface area contributed by atoms with Crippen LogP contribution in [0, 0.1) is 73.9 Å². The molecular formula is C33H55NO. The minimum Gasteiger partial charge on any atom is -0.360 e. The Bertz CT molecular complexity index is 871. The zero-order chi connectivity index (χ0) is 25.6. The minimum absolute atomic E-state index is 0.168. The highest BCUT2D eigenvalue weighted by Crippen LogP contribution is 2.77. The van der Waals surface area contributed by atoms with Crippen molar-refractivity contribution in [3.8, 4) is 6.07 Å². The molecule has 0 aliphatic heterocycles. The Hall–Kier alpha value is -0.550. The average molecular weight is 482 g/mol. The lowest BCUT2D eigenvalue weighted by Gasteiger charge is -2.73. The van der Waals surface area contributed by atoms with Crippen LogP contribution in [0.3, 0.4) is 0 Å². The van der Waals surface area contributed by atoms with Crippen LogP contribution in [0.5, 0.6) is 0 Å². The summed E-state index contributed by atoms with van der Waals surface area (Å²) >= 11 is 0. The van der Waals surface area contributed by atoms with E-state index < -0.39 is 0 Å². The highest BCUT2D eigenvalue weighted by atomic mass is 16.5. The molecule has 198 valence electrons. The van der Waals surface area contributed by atoms with Crippen molar-refractivity contribution in [1.82, 2.24) is 0 Å². The van der Waals surface area contributed by atoms with E-state index in [9.17, 15) is 5.26 Å². The summed E-state index contributed by atoms with van der Waals surface area (Å²) in [4.78, 5) is 0. The van der Waals surface area contributed by atoms with Crippen LogP contribution in [0.15, 0.2) is 0 Å². The maximum absolute atomic E-state index is 9.63. The second-order valence-electron chi connectivity index (χ2n) is 16.1. The molecule has 11 atom stereocenters. The Morgan fingerprint density at radius 1 is 0.743 bits per heavy atom. The van der Waals surface area contributed by atoms with E-state index in [-0.39, 0.29) is 17.6 Å². The molecule has 0 bridgehead atoms. The molecule has 0 heterocycles. The van der Waals surface area contributed by atoms with E-state index in [2.05, 4.69) is 61.5 Å². The van der Waals surface area contributed by atoms with E-state index >= 15 is 0 Å². The summed E-state index contributed by atoms with van der Waals surface area (Å²) in [5.41, 5.74) is 1.91. The zero-order valence-electron chi connectivity index (χ0n) is 24.5. The molecule has 5 rings (SSSR count). The molecule has 0 amide bonds. The molecule has 5 fully saturated rings. The lowest BCUT2D eigenvalue weighted by atomic mass is 9.32. The monoisotopic (exact) mass is 481 g/mol. The highest BCUT2D eigenvalue weighted by molar-refractivity contribution is 5.20. The summed E-state index contributed by atoms with van der Waals surface area (Å²) in [7, 11) is 0. The van der Waals surface area contributed by atoms with Gasteiger partial charge < -0.3 is 4.74 Å². The molecule has 0 spiro atoms. The van der Waals surface area contributed by atoms with Crippen molar-refractivity contribution in [3.63, 3.8) is 0 Å². The first-order chi connectivity index (χ1) is 16.2. The van der Waals surface area contributed by atoms with Crippen molar-refractivity contribution < 1.29 is 4.74 Å². The van der Waals surface area contributed by atoms with E-state index in [1.54, 1.807) is 0 Å². The van der Waals surface area contributed by atoms with Crippen LogP contribution in [0.2, 0.25) is 0 Å². The smallest absolute Gasteiger partial charge is 0.141 e. The van der Waals surface area contributed by atoms with E-state index in [1.165, 1.54) is 57.8 Å². The molecule has 0 N–H and O–H groups in total. The van der Waals surface area contributed by atoms with Crippen molar-refractivity contribution >= 4 is 0 Å². The predicted molar refractivity (Wildman–Crippen MR) is 145 cm³/mol. The molecule has 0 aromatic heterocycles. The van der Waals surface area contributed by atoms with Gasteiger partial charge in [-0.1, -0.05) is 55.4 Å². The molecule has 5 aliphatic carbocycles. The molecule has 2 heteroatoms. The second kappa shape index (κ2) is 8.22. The Morgan fingerprint density at radius 2 is 1.46 bits per heavy atom. The van der Waals surface area contributed by atoms with Crippen molar-refractivity contribution in [1.29, 1.82) is 5.26 Å². The van der Waals surface area contributed by atoms with Gasteiger partial charge in [0.15, 0.2) is 0 Å². The SMILES string of the molecule is CC(C#N)OC1CCC(C)(C)C2CC[C@]3(C)C(CCC4C5[C@@H](C(C)C)CC[C@]5(C)CC[C@]43C)[C@@]12C. The van der Waals surface area contributed by atoms with Gasteiger partial charge in [-0.25, -0.2) is 0 Å². The third kappa shape index (κ3) is 3.41. The molecule has 0 saturated heterocycles. The fourth-order valence-electron chi connectivity index (χ4n) is 12.2. The standard InChI is InChI=1S/C33H55NO/c1-21(2)23-12-16-30(6)18-19-31(7)24(28(23)30)10-11-26-32(31,8)17-13-25-29(4,5)15-14-27(33(25,26)9)35-22(3)20-34/h21-28H,10-19H2,1-9H3/t22?,23-,24?,25?,26?,27?,28?,30-,31-,32-,33+/m1/s1. The number of nitrogens with zero attached hydrogens (tertiary/aromatic N) is 1. The third-order valence-corrected chi connectivity index (χ3v) is 14.2. The van der Waals surface area contributed by atoms with Gasteiger partial charge in [0.05, 0.1) is 12.2 Å². The molecule has 0 aromatic rings. The lowest BCUT2D eigenvalue weighted by molar-refractivity contribution is -0.269. The molecule has 0 radical (unpaired) electrons. The minimum atomic E-state index is -0.306. The topological polar surface area (TPSA) is 33.0 Å². The van der Waals surface area contributed by atoms with Gasteiger partial charge >= 0.3 is 0 Å². The number of hydrogen-bond donors (Lipinski definition) is 0. The predicted octanol–water partition coefficient (Wildman–Crippen LogP) is 9.04. The van der Waals surface area contributed by atoms with Crippen molar-refractivity contribution in [2.45, 2.75) is 139 Å². The normalized spacial score (nSPS) is 53.6. The summed E-state index contributed by atoms with van der Waals surface area (Å²) in [6.07, 6.45) is 13.6. The van der Waals surface area contributed by atoms with Crippen LogP contribution in [0.4, 0.5) is 0 Å². The third-order valence-electron chi connectivity index (χ3n) is 14.2. The fraction of sp³-hybridized carbons (Fsp3) is 0.970. The molecule has 6 unspecified atom stereocenters. The van der Waals surface area contributed by atoms with Crippen LogP contribution in [0.25, 0.3) is 0 Å². The highest BCUT2D eigenvalue weighted by Gasteiger charge is 2.71. The number of nitriles is 1. The zero-order valence-corrected chi connectivity index (χ0v) is 24.5. The summed E-state index contributed by atoms with van der Waals surface area (Å²) in [5.74, 6) is 4.92.